The van der Waals surface area contributed by atoms with Gasteiger partial charge in [-0.25, -0.2) is 4.79 Å². The Labute approximate surface area is 143 Å². The van der Waals surface area contributed by atoms with Crippen LogP contribution in [0.15, 0.2) is 24.3 Å². The summed E-state index contributed by atoms with van der Waals surface area (Å²) < 4.78 is 5.18. The predicted molar refractivity (Wildman–Crippen MR) is 93.1 cm³/mol. The topological polar surface area (TPSA) is 44.8 Å². The molecular formula is C17H26ClN3O2. The molecule has 1 heterocycles. The maximum absolute atomic E-state index is 11.6. The van der Waals surface area contributed by atoms with Crippen LogP contribution in [-0.2, 0) is 11.2 Å². The zero-order chi connectivity index (χ0) is 16.5. The Balaban J connectivity index is 1.50. The normalized spacial score (nSPS) is 16.3. The summed E-state index contributed by atoms with van der Waals surface area (Å²) in [4.78, 5) is 16.4. The number of benzene rings is 1. The summed E-state index contributed by atoms with van der Waals surface area (Å²) in [5, 5.41) is 3.51. The van der Waals surface area contributed by atoms with Gasteiger partial charge in [0.2, 0.25) is 0 Å². The SMILES string of the molecule is CN1CCN(CCCNC(=O)OCCc2cccc(Cl)c2)CC1. The van der Waals surface area contributed by atoms with Crippen LogP contribution in [0, 0.1) is 0 Å². The molecule has 5 nitrogen and oxygen atoms in total. The van der Waals surface area contributed by atoms with Crippen molar-refractivity contribution in [3.05, 3.63) is 34.9 Å². The van der Waals surface area contributed by atoms with Crippen molar-refractivity contribution >= 4 is 17.7 Å². The Kier molecular flexibility index (Phi) is 7.65. The highest BCUT2D eigenvalue weighted by Crippen LogP contribution is 2.11. The number of carbonyl (C=O) groups excluding carboxylic acids is 1. The zero-order valence-electron chi connectivity index (χ0n) is 13.8. The van der Waals surface area contributed by atoms with Crippen molar-refractivity contribution in [1.82, 2.24) is 15.1 Å². The minimum Gasteiger partial charge on any atom is -0.449 e. The number of hydrogen-bond donors (Lipinski definition) is 1. The van der Waals surface area contributed by atoms with E-state index in [1.165, 1.54) is 0 Å². The van der Waals surface area contributed by atoms with Crippen LogP contribution in [0.1, 0.15) is 12.0 Å². The molecule has 6 heteroatoms. The van der Waals surface area contributed by atoms with E-state index in [1.54, 1.807) is 0 Å². The monoisotopic (exact) mass is 339 g/mol. The average molecular weight is 340 g/mol. The summed E-state index contributed by atoms with van der Waals surface area (Å²) >= 11 is 5.92. The number of likely N-dealkylation sites (N-methyl/N-ethyl adjacent to an activating group) is 1. The molecule has 0 radical (unpaired) electrons. The lowest BCUT2D eigenvalue weighted by molar-refractivity contribution is 0.142. The fourth-order valence-electron chi connectivity index (χ4n) is 2.57. The number of nitrogens with zero attached hydrogens (tertiary/aromatic N) is 2. The van der Waals surface area contributed by atoms with Crippen molar-refractivity contribution in [2.75, 3.05) is 52.9 Å². The number of amides is 1. The van der Waals surface area contributed by atoms with Crippen LogP contribution < -0.4 is 5.32 Å². The van der Waals surface area contributed by atoms with Crippen LogP contribution in [0.3, 0.4) is 0 Å². The number of hydrogen-bond acceptors (Lipinski definition) is 4. The lowest BCUT2D eigenvalue weighted by Gasteiger charge is -2.32. The van der Waals surface area contributed by atoms with Gasteiger partial charge in [-0.15, -0.1) is 0 Å². The molecule has 2 rings (SSSR count). The molecule has 1 amide bonds. The van der Waals surface area contributed by atoms with Gasteiger partial charge in [0.1, 0.15) is 0 Å². The van der Waals surface area contributed by atoms with E-state index in [-0.39, 0.29) is 6.09 Å². The summed E-state index contributed by atoms with van der Waals surface area (Å²) in [7, 11) is 2.15. The highest BCUT2D eigenvalue weighted by Gasteiger charge is 2.12. The molecule has 128 valence electrons. The van der Waals surface area contributed by atoms with Gasteiger partial charge in [-0.1, -0.05) is 23.7 Å². The van der Waals surface area contributed by atoms with E-state index in [1.807, 2.05) is 24.3 Å². The molecule has 0 bridgehead atoms. The lowest BCUT2D eigenvalue weighted by Crippen LogP contribution is -2.45. The molecule has 1 saturated heterocycles. The zero-order valence-corrected chi connectivity index (χ0v) is 14.5. The van der Waals surface area contributed by atoms with E-state index < -0.39 is 0 Å². The van der Waals surface area contributed by atoms with Crippen molar-refractivity contribution in [3.63, 3.8) is 0 Å². The predicted octanol–water partition coefficient (Wildman–Crippen LogP) is 2.25. The number of piperazine rings is 1. The number of alkyl carbamates (subject to hydrolysis) is 1. The molecule has 0 atom stereocenters. The van der Waals surface area contributed by atoms with Crippen molar-refractivity contribution in [2.45, 2.75) is 12.8 Å². The van der Waals surface area contributed by atoms with Gasteiger partial charge in [-0.05, 0) is 37.7 Å². The summed E-state index contributed by atoms with van der Waals surface area (Å²) in [6.45, 7) is 6.52. The minimum atomic E-state index is -0.342. The second kappa shape index (κ2) is 9.75. The number of halogens is 1. The van der Waals surface area contributed by atoms with E-state index in [2.05, 4.69) is 22.2 Å². The molecule has 0 saturated carbocycles. The molecule has 1 aliphatic rings. The Bertz CT molecular complexity index is 490. The summed E-state index contributed by atoms with van der Waals surface area (Å²) in [5.41, 5.74) is 1.07. The molecule has 23 heavy (non-hydrogen) atoms. The van der Waals surface area contributed by atoms with E-state index in [9.17, 15) is 4.79 Å². The van der Waals surface area contributed by atoms with Crippen LogP contribution >= 0.6 is 11.6 Å². The van der Waals surface area contributed by atoms with Crippen LogP contribution in [0.5, 0.6) is 0 Å². The van der Waals surface area contributed by atoms with Gasteiger partial charge < -0.3 is 19.9 Å². The van der Waals surface area contributed by atoms with Gasteiger partial charge in [0, 0.05) is 44.2 Å². The van der Waals surface area contributed by atoms with Crippen molar-refractivity contribution in [2.24, 2.45) is 0 Å². The van der Waals surface area contributed by atoms with Gasteiger partial charge in [-0.3, -0.25) is 0 Å². The molecule has 1 aromatic rings. The minimum absolute atomic E-state index is 0.342. The van der Waals surface area contributed by atoms with Gasteiger partial charge >= 0.3 is 6.09 Å². The second-order valence-electron chi connectivity index (χ2n) is 5.94. The van der Waals surface area contributed by atoms with E-state index in [0.717, 1.165) is 44.7 Å². The fraction of sp³-hybridized carbons (Fsp3) is 0.588. The summed E-state index contributed by atoms with van der Waals surface area (Å²) in [6, 6.07) is 7.59. The first kappa shape index (κ1) is 18.0. The van der Waals surface area contributed by atoms with Crippen LogP contribution in [0.25, 0.3) is 0 Å². The Morgan fingerprint density at radius 3 is 2.83 bits per heavy atom. The first-order chi connectivity index (χ1) is 11.1. The third-order valence-corrected chi connectivity index (χ3v) is 4.26. The van der Waals surface area contributed by atoms with Crippen LogP contribution in [0.2, 0.25) is 5.02 Å². The number of ether oxygens (including phenoxy) is 1. The molecular weight excluding hydrogens is 314 g/mol. The molecule has 0 aromatic heterocycles. The van der Waals surface area contributed by atoms with Crippen molar-refractivity contribution in [1.29, 1.82) is 0 Å². The standard InChI is InChI=1S/C17H26ClN3O2/c1-20-9-11-21(12-10-20)8-3-7-19-17(22)23-13-6-15-4-2-5-16(18)14-15/h2,4-5,14H,3,6-13H2,1H3,(H,19,22). The number of rotatable bonds is 7. The van der Waals surface area contributed by atoms with Gasteiger partial charge in [-0.2, -0.15) is 0 Å². The van der Waals surface area contributed by atoms with E-state index >= 15 is 0 Å². The number of nitrogens with one attached hydrogen (secondary N) is 1. The molecule has 1 fully saturated rings. The third kappa shape index (κ3) is 7.20. The first-order valence-corrected chi connectivity index (χ1v) is 8.57. The molecule has 1 N–H and O–H groups in total. The summed E-state index contributed by atoms with van der Waals surface area (Å²) in [6.07, 6.45) is 1.29. The Morgan fingerprint density at radius 1 is 1.30 bits per heavy atom. The maximum atomic E-state index is 11.6. The van der Waals surface area contributed by atoms with E-state index in [4.69, 9.17) is 16.3 Å². The van der Waals surface area contributed by atoms with E-state index in [0.29, 0.717) is 24.6 Å². The average Bonchev–Trinajstić information content (AvgIpc) is 2.53. The summed E-state index contributed by atoms with van der Waals surface area (Å²) in [5.74, 6) is 0. The Morgan fingerprint density at radius 2 is 2.09 bits per heavy atom. The van der Waals surface area contributed by atoms with Crippen LogP contribution in [-0.4, -0.2) is 68.8 Å². The smallest absolute Gasteiger partial charge is 0.407 e. The molecule has 0 aliphatic carbocycles. The number of carbonyl (C=O) groups is 1. The highest BCUT2D eigenvalue weighted by atomic mass is 35.5. The Hall–Kier alpha value is -1.30. The largest absolute Gasteiger partial charge is 0.449 e. The second-order valence-corrected chi connectivity index (χ2v) is 6.38. The van der Waals surface area contributed by atoms with Crippen molar-refractivity contribution < 1.29 is 9.53 Å². The highest BCUT2D eigenvalue weighted by molar-refractivity contribution is 6.30. The fourth-order valence-corrected chi connectivity index (χ4v) is 2.78. The quantitative estimate of drug-likeness (QED) is 0.774. The van der Waals surface area contributed by atoms with Gasteiger partial charge in [0.25, 0.3) is 0 Å². The first-order valence-electron chi connectivity index (χ1n) is 8.19. The van der Waals surface area contributed by atoms with Gasteiger partial charge in [0.05, 0.1) is 6.61 Å². The maximum Gasteiger partial charge on any atom is 0.407 e. The molecule has 0 spiro atoms. The third-order valence-electron chi connectivity index (χ3n) is 4.03. The van der Waals surface area contributed by atoms with Crippen LogP contribution in [0.4, 0.5) is 4.79 Å². The molecule has 1 aliphatic heterocycles. The lowest BCUT2D eigenvalue weighted by atomic mass is 10.2. The molecule has 0 unspecified atom stereocenters. The van der Waals surface area contributed by atoms with Gasteiger partial charge in [0.15, 0.2) is 0 Å². The van der Waals surface area contributed by atoms with Crippen molar-refractivity contribution in [3.8, 4) is 0 Å². The molecule has 1 aromatic carbocycles.